The van der Waals surface area contributed by atoms with E-state index in [0.29, 0.717) is 0 Å². The van der Waals surface area contributed by atoms with Crippen molar-refractivity contribution in [3.8, 4) is 0 Å². The van der Waals surface area contributed by atoms with Crippen LogP contribution in [0.1, 0.15) is 23.3 Å². The maximum absolute atomic E-state index is 5.46. The molecule has 0 saturated heterocycles. The van der Waals surface area contributed by atoms with Crippen LogP contribution in [0, 0.1) is 6.92 Å². The Morgan fingerprint density at radius 2 is 2.14 bits per heavy atom. The highest BCUT2D eigenvalue weighted by Crippen LogP contribution is 2.23. The van der Waals surface area contributed by atoms with E-state index in [1.165, 1.54) is 0 Å². The average Bonchev–Trinajstić information content (AvgIpc) is 2.79. The van der Waals surface area contributed by atoms with Crippen LogP contribution in [-0.2, 0) is 0 Å². The maximum atomic E-state index is 5.46. The zero-order valence-electron chi connectivity index (χ0n) is 7.86. The fourth-order valence-electron chi connectivity index (χ4n) is 1.37. The predicted octanol–water partition coefficient (Wildman–Crippen LogP) is 1.73. The van der Waals surface area contributed by atoms with Crippen molar-refractivity contribution < 1.29 is 8.83 Å². The minimum Gasteiger partial charge on any atom is -0.467 e. The maximum Gasteiger partial charge on any atom is 0.137 e. The van der Waals surface area contributed by atoms with Crippen molar-refractivity contribution in [1.82, 2.24) is 5.43 Å². The third kappa shape index (κ3) is 1.57. The highest BCUT2D eigenvalue weighted by atomic mass is 16.4. The number of rotatable bonds is 3. The summed E-state index contributed by atoms with van der Waals surface area (Å²) in [5.41, 5.74) is 2.65. The highest BCUT2D eigenvalue weighted by molar-refractivity contribution is 5.19. The van der Waals surface area contributed by atoms with Gasteiger partial charge in [-0.1, -0.05) is 0 Å². The first-order valence-corrected chi connectivity index (χ1v) is 4.37. The molecule has 0 amide bonds. The molecule has 0 saturated carbocycles. The number of nitrogens with two attached hydrogens (primary N) is 1. The van der Waals surface area contributed by atoms with Gasteiger partial charge in [0.2, 0.25) is 0 Å². The summed E-state index contributed by atoms with van der Waals surface area (Å²) in [4.78, 5) is 0. The largest absolute Gasteiger partial charge is 0.467 e. The van der Waals surface area contributed by atoms with E-state index in [-0.39, 0.29) is 6.04 Å². The summed E-state index contributed by atoms with van der Waals surface area (Å²) in [6.45, 7) is 1.89. The summed E-state index contributed by atoms with van der Waals surface area (Å²) >= 11 is 0. The van der Waals surface area contributed by atoms with Crippen molar-refractivity contribution >= 4 is 0 Å². The Morgan fingerprint density at radius 1 is 1.29 bits per heavy atom. The standard InChI is InChI=1S/C10H12N2O2/c1-7-4-5-9(14-7)10(12-11)8-3-2-6-13-8/h2-6,10,12H,11H2,1H3. The molecule has 0 bridgehead atoms. The number of furan rings is 2. The molecule has 3 N–H and O–H groups in total. The monoisotopic (exact) mass is 192 g/mol. The fourth-order valence-corrected chi connectivity index (χ4v) is 1.37. The minimum absolute atomic E-state index is 0.223. The molecular formula is C10H12N2O2. The zero-order valence-corrected chi connectivity index (χ0v) is 7.86. The van der Waals surface area contributed by atoms with Crippen LogP contribution in [0.5, 0.6) is 0 Å². The van der Waals surface area contributed by atoms with Crippen molar-refractivity contribution in [2.24, 2.45) is 5.84 Å². The van der Waals surface area contributed by atoms with E-state index >= 15 is 0 Å². The number of hydrogen-bond acceptors (Lipinski definition) is 4. The molecule has 0 aliphatic rings. The van der Waals surface area contributed by atoms with Gasteiger partial charge >= 0.3 is 0 Å². The summed E-state index contributed by atoms with van der Waals surface area (Å²) in [6, 6.07) is 7.21. The molecule has 2 rings (SSSR count). The third-order valence-corrected chi connectivity index (χ3v) is 2.04. The van der Waals surface area contributed by atoms with Crippen LogP contribution >= 0.6 is 0 Å². The Morgan fingerprint density at radius 3 is 2.64 bits per heavy atom. The van der Waals surface area contributed by atoms with Gasteiger partial charge in [-0.05, 0) is 31.2 Å². The number of aryl methyl sites for hydroxylation is 1. The summed E-state index contributed by atoms with van der Waals surface area (Å²) < 4.78 is 10.7. The van der Waals surface area contributed by atoms with Crippen LogP contribution in [0.25, 0.3) is 0 Å². The molecular weight excluding hydrogens is 180 g/mol. The first-order valence-electron chi connectivity index (χ1n) is 4.37. The fraction of sp³-hybridized carbons (Fsp3) is 0.200. The van der Waals surface area contributed by atoms with Crippen molar-refractivity contribution in [2.75, 3.05) is 0 Å². The number of hydrazine groups is 1. The lowest BCUT2D eigenvalue weighted by Gasteiger charge is -2.09. The molecule has 2 aromatic rings. The lowest BCUT2D eigenvalue weighted by molar-refractivity contribution is 0.385. The second-order valence-corrected chi connectivity index (χ2v) is 3.06. The van der Waals surface area contributed by atoms with Crippen LogP contribution in [0.3, 0.4) is 0 Å². The number of hydrogen-bond donors (Lipinski definition) is 2. The van der Waals surface area contributed by atoms with Gasteiger partial charge in [0, 0.05) is 0 Å². The first kappa shape index (κ1) is 9.05. The minimum atomic E-state index is -0.223. The van der Waals surface area contributed by atoms with Crippen LogP contribution in [0.4, 0.5) is 0 Å². The summed E-state index contributed by atoms with van der Waals surface area (Å²) in [7, 11) is 0. The predicted molar refractivity (Wildman–Crippen MR) is 51.3 cm³/mol. The molecule has 0 aromatic carbocycles. The molecule has 2 heterocycles. The van der Waals surface area contributed by atoms with Gasteiger partial charge in [-0.2, -0.15) is 0 Å². The Labute approximate surface area is 81.7 Å². The van der Waals surface area contributed by atoms with E-state index in [1.54, 1.807) is 6.26 Å². The molecule has 0 fully saturated rings. The van der Waals surface area contributed by atoms with Crippen molar-refractivity contribution in [2.45, 2.75) is 13.0 Å². The molecule has 0 aliphatic carbocycles. The Hall–Kier alpha value is -1.52. The van der Waals surface area contributed by atoms with E-state index in [1.807, 2.05) is 31.2 Å². The van der Waals surface area contributed by atoms with E-state index in [2.05, 4.69) is 5.43 Å². The van der Waals surface area contributed by atoms with E-state index in [4.69, 9.17) is 14.7 Å². The van der Waals surface area contributed by atoms with E-state index in [0.717, 1.165) is 17.3 Å². The van der Waals surface area contributed by atoms with Gasteiger partial charge in [0.1, 0.15) is 23.3 Å². The Bertz CT molecular complexity index is 392. The van der Waals surface area contributed by atoms with Crippen LogP contribution in [0.15, 0.2) is 39.4 Å². The highest BCUT2D eigenvalue weighted by Gasteiger charge is 2.17. The molecule has 14 heavy (non-hydrogen) atoms. The topological polar surface area (TPSA) is 64.3 Å². The van der Waals surface area contributed by atoms with E-state index < -0.39 is 0 Å². The quantitative estimate of drug-likeness (QED) is 0.574. The average molecular weight is 192 g/mol. The summed E-state index contributed by atoms with van der Waals surface area (Å²) in [5, 5.41) is 0. The summed E-state index contributed by atoms with van der Waals surface area (Å²) in [6.07, 6.45) is 1.61. The smallest absolute Gasteiger partial charge is 0.137 e. The van der Waals surface area contributed by atoms with Gasteiger partial charge in [0.25, 0.3) is 0 Å². The Kier molecular flexibility index (Phi) is 2.39. The van der Waals surface area contributed by atoms with Crippen molar-refractivity contribution in [1.29, 1.82) is 0 Å². The second kappa shape index (κ2) is 3.69. The molecule has 1 atom stereocenters. The van der Waals surface area contributed by atoms with Crippen LogP contribution in [0.2, 0.25) is 0 Å². The van der Waals surface area contributed by atoms with Crippen LogP contribution < -0.4 is 11.3 Å². The molecule has 2 aromatic heterocycles. The third-order valence-electron chi connectivity index (χ3n) is 2.04. The molecule has 1 unspecified atom stereocenters. The molecule has 0 radical (unpaired) electrons. The van der Waals surface area contributed by atoms with Gasteiger partial charge in [-0.25, -0.2) is 5.43 Å². The summed E-state index contributed by atoms with van der Waals surface area (Å²) in [5.74, 6) is 7.78. The Balaban J connectivity index is 2.31. The normalized spacial score (nSPS) is 13.0. The van der Waals surface area contributed by atoms with Crippen molar-refractivity contribution in [3.63, 3.8) is 0 Å². The second-order valence-electron chi connectivity index (χ2n) is 3.06. The van der Waals surface area contributed by atoms with Crippen LogP contribution in [-0.4, -0.2) is 0 Å². The lowest BCUT2D eigenvalue weighted by Crippen LogP contribution is -2.28. The van der Waals surface area contributed by atoms with Gasteiger partial charge in [0.15, 0.2) is 0 Å². The lowest BCUT2D eigenvalue weighted by atomic mass is 10.2. The first-order chi connectivity index (χ1) is 6.81. The van der Waals surface area contributed by atoms with E-state index in [9.17, 15) is 0 Å². The zero-order chi connectivity index (χ0) is 9.97. The van der Waals surface area contributed by atoms with Gasteiger partial charge in [-0.3, -0.25) is 5.84 Å². The molecule has 0 spiro atoms. The van der Waals surface area contributed by atoms with Gasteiger partial charge < -0.3 is 8.83 Å². The SMILES string of the molecule is Cc1ccc(C(NN)c2ccco2)o1. The molecule has 74 valence electrons. The van der Waals surface area contributed by atoms with Crippen molar-refractivity contribution in [3.05, 3.63) is 47.8 Å². The molecule has 4 nitrogen and oxygen atoms in total. The van der Waals surface area contributed by atoms with Gasteiger partial charge in [-0.15, -0.1) is 0 Å². The van der Waals surface area contributed by atoms with Gasteiger partial charge in [0.05, 0.1) is 6.26 Å². The number of nitrogens with one attached hydrogen (secondary N) is 1. The molecule has 4 heteroatoms. The molecule has 0 aliphatic heterocycles.